The van der Waals surface area contributed by atoms with Crippen molar-refractivity contribution < 1.29 is 9.53 Å². The maximum atomic E-state index is 13.1. The number of carbonyl (C=O) groups is 1. The molecule has 0 bridgehead atoms. The zero-order valence-electron chi connectivity index (χ0n) is 20.1. The predicted molar refractivity (Wildman–Crippen MR) is 129 cm³/mol. The summed E-state index contributed by atoms with van der Waals surface area (Å²) in [5.74, 6) is 2.16. The minimum atomic E-state index is -0.204. The molecule has 0 radical (unpaired) electrons. The summed E-state index contributed by atoms with van der Waals surface area (Å²) < 4.78 is 8.82. The van der Waals surface area contributed by atoms with E-state index in [-0.39, 0.29) is 12.1 Å². The zero-order valence-corrected chi connectivity index (χ0v) is 20.1. The highest BCUT2D eigenvalue weighted by Crippen LogP contribution is 2.39. The first-order valence-electron chi connectivity index (χ1n) is 11.6. The number of aromatic nitrogens is 4. The van der Waals surface area contributed by atoms with Gasteiger partial charge in [0, 0.05) is 44.1 Å². The molecular formula is C25H34N6O2. The van der Waals surface area contributed by atoms with Crippen LogP contribution < -0.4 is 10.6 Å². The van der Waals surface area contributed by atoms with Crippen LogP contribution in [-0.4, -0.2) is 45.4 Å². The first-order valence-corrected chi connectivity index (χ1v) is 11.6. The van der Waals surface area contributed by atoms with Crippen LogP contribution in [0.2, 0.25) is 0 Å². The maximum Gasteiger partial charge on any atom is 0.320 e. The van der Waals surface area contributed by atoms with Gasteiger partial charge in [-0.2, -0.15) is 10.2 Å². The number of ether oxygens (including phenoxy) is 1. The fraction of sp³-hybridized carbons (Fsp3) is 0.480. The second-order valence-corrected chi connectivity index (χ2v) is 9.17. The number of methoxy groups -OCH3 is 1. The number of hydrogen-bond donors (Lipinski definition) is 2. The molecule has 176 valence electrons. The summed E-state index contributed by atoms with van der Waals surface area (Å²) in [6.45, 7) is 7.24. The number of anilines is 1. The largest absolute Gasteiger partial charge is 0.385 e. The van der Waals surface area contributed by atoms with Gasteiger partial charge in [0.1, 0.15) is 11.5 Å². The van der Waals surface area contributed by atoms with Gasteiger partial charge in [-0.1, -0.05) is 32.0 Å². The number of nitrogens with one attached hydrogen (secondary N) is 2. The molecule has 3 aromatic rings. The molecule has 0 saturated heterocycles. The fourth-order valence-corrected chi connectivity index (χ4v) is 4.92. The van der Waals surface area contributed by atoms with Crippen molar-refractivity contribution in [3.63, 3.8) is 0 Å². The van der Waals surface area contributed by atoms with Gasteiger partial charge in [0.25, 0.3) is 0 Å². The fourth-order valence-electron chi connectivity index (χ4n) is 4.92. The van der Waals surface area contributed by atoms with Crippen molar-refractivity contribution in [2.24, 2.45) is 24.8 Å². The Morgan fingerprint density at radius 3 is 2.64 bits per heavy atom. The number of nitrogens with zero attached hydrogens (tertiary/aromatic N) is 4. The van der Waals surface area contributed by atoms with E-state index in [0.717, 1.165) is 42.0 Å². The molecule has 8 heteroatoms. The summed E-state index contributed by atoms with van der Waals surface area (Å²) in [5, 5.41) is 15.4. The van der Waals surface area contributed by atoms with Gasteiger partial charge in [-0.3, -0.25) is 10.00 Å². The van der Waals surface area contributed by atoms with E-state index in [2.05, 4.69) is 29.6 Å². The summed E-state index contributed by atoms with van der Waals surface area (Å²) in [6.07, 6.45) is 5.71. The van der Waals surface area contributed by atoms with Crippen LogP contribution >= 0.6 is 0 Å². The molecule has 2 N–H and O–H groups in total. The van der Waals surface area contributed by atoms with Gasteiger partial charge in [-0.15, -0.1) is 0 Å². The standard InChI is InChI=1S/C25H34N6O2/c1-16-17(2)22(13-19(16)11-12-33-5)27-25(32)28-24-18(3)23(20-14-26-30(4)15-20)29-31(24)21-9-7-6-8-10-21/h6-10,14-17,19,22H,11-13H2,1-5H3,(H2,27,28,32)/t16-,17-,19-,22-/m1/s1. The molecule has 0 unspecified atom stereocenters. The quantitative estimate of drug-likeness (QED) is 0.559. The van der Waals surface area contributed by atoms with Gasteiger partial charge in [0.05, 0.1) is 11.9 Å². The van der Waals surface area contributed by atoms with Crippen molar-refractivity contribution in [3.05, 3.63) is 48.3 Å². The third-order valence-electron chi connectivity index (χ3n) is 7.11. The lowest BCUT2D eigenvalue weighted by molar-refractivity contribution is 0.166. The number of aryl methyl sites for hydroxylation is 1. The molecule has 1 aliphatic carbocycles. The first kappa shape index (κ1) is 23.0. The molecule has 1 aliphatic rings. The summed E-state index contributed by atoms with van der Waals surface area (Å²) in [7, 11) is 3.62. The maximum absolute atomic E-state index is 13.1. The lowest BCUT2D eigenvalue weighted by Crippen LogP contribution is -2.40. The van der Waals surface area contributed by atoms with Crippen LogP contribution in [0.4, 0.5) is 10.6 Å². The number of carbonyl (C=O) groups excluding carboxylic acids is 1. The SMILES string of the molecule is COCC[C@@H]1C[C@@H](NC(=O)Nc2c(C)c(-c3cnn(C)c3)nn2-c2ccccc2)[C@H](C)[C@H]1C. The van der Waals surface area contributed by atoms with Crippen molar-refractivity contribution in [1.82, 2.24) is 24.9 Å². The van der Waals surface area contributed by atoms with Gasteiger partial charge in [0.15, 0.2) is 0 Å². The Labute approximate surface area is 195 Å². The second kappa shape index (κ2) is 9.79. The molecule has 4 atom stereocenters. The number of rotatable bonds is 7. The van der Waals surface area contributed by atoms with Gasteiger partial charge in [-0.05, 0) is 49.7 Å². The number of urea groups is 1. The number of benzene rings is 1. The van der Waals surface area contributed by atoms with Crippen LogP contribution in [0.1, 0.15) is 32.3 Å². The van der Waals surface area contributed by atoms with Crippen LogP contribution in [0, 0.1) is 24.7 Å². The third-order valence-corrected chi connectivity index (χ3v) is 7.11. The molecule has 1 saturated carbocycles. The Bertz CT molecular complexity index is 1090. The Hall–Kier alpha value is -3.13. The highest BCUT2D eigenvalue weighted by Gasteiger charge is 2.38. The van der Waals surface area contributed by atoms with Gasteiger partial charge >= 0.3 is 6.03 Å². The minimum absolute atomic E-state index is 0.132. The molecule has 33 heavy (non-hydrogen) atoms. The Balaban J connectivity index is 1.57. The van der Waals surface area contributed by atoms with Crippen LogP contribution in [-0.2, 0) is 11.8 Å². The highest BCUT2D eigenvalue weighted by molar-refractivity contribution is 5.91. The highest BCUT2D eigenvalue weighted by atomic mass is 16.5. The zero-order chi connectivity index (χ0) is 23.5. The third kappa shape index (κ3) is 4.80. The number of hydrogen-bond acceptors (Lipinski definition) is 4. The average molecular weight is 451 g/mol. The lowest BCUT2D eigenvalue weighted by Gasteiger charge is -2.20. The molecule has 2 amide bonds. The first-order chi connectivity index (χ1) is 15.9. The Morgan fingerprint density at radius 2 is 1.97 bits per heavy atom. The monoisotopic (exact) mass is 450 g/mol. The van der Waals surface area contributed by atoms with E-state index in [1.807, 2.05) is 50.5 Å². The van der Waals surface area contributed by atoms with Crippen LogP contribution in [0.5, 0.6) is 0 Å². The van der Waals surface area contributed by atoms with Crippen LogP contribution in [0.25, 0.3) is 16.9 Å². The van der Waals surface area contributed by atoms with Gasteiger partial charge < -0.3 is 10.1 Å². The molecule has 1 fully saturated rings. The Kier molecular flexibility index (Phi) is 6.83. The Morgan fingerprint density at radius 1 is 1.21 bits per heavy atom. The summed E-state index contributed by atoms with van der Waals surface area (Å²) in [5.41, 5.74) is 3.48. The summed E-state index contributed by atoms with van der Waals surface area (Å²) in [6, 6.07) is 9.76. The summed E-state index contributed by atoms with van der Waals surface area (Å²) in [4.78, 5) is 13.1. The molecule has 2 aromatic heterocycles. The molecule has 0 spiro atoms. The number of amides is 2. The van der Waals surface area contributed by atoms with E-state index in [0.29, 0.717) is 23.6 Å². The minimum Gasteiger partial charge on any atom is -0.385 e. The number of para-hydroxylation sites is 1. The van der Waals surface area contributed by atoms with Gasteiger partial charge in [0.2, 0.25) is 0 Å². The van der Waals surface area contributed by atoms with E-state index >= 15 is 0 Å². The summed E-state index contributed by atoms with van der Waals surface area (Å²) >= 11 is 0. The predicted octanol–water partition coefficient (Wildman–Crippen LogP) is 4.40. The van der Waals surface area contributed by atoms with Crippen molar-refractivity contribution in [2.45, 2.75) is 39.7 Å². The van der Waals surface area contributed by atoms with Crippen molar-refractivity contribution >= 4 is 11.8 Å². The molecular weight excluding hydrogens is 416 g/mol. The van der Waals surface area contributed by atoms with Crippen molar-refractivity contribution in [3.8, 4) is 16.9 Å². The molecule has 0 aliphatic heterocycles. The smallest absolute Gasteiger partial charge is 0.320 e. The molecule has 8 nitrogen and oxygen atoms in total. The molecule has 4 rings (SSSR count). The van der Waals surface area contributed by atoms with E-state index in [1.165, 1.54) is 0 Å². The topological polar surface area (TPSA) is 86.0 Å². The van der Waals surface area contributed by atoms with E-state index < -0.39 is 0 Å². The molecule has 2 heterocycles. The van der Waals surface area contributed by atoms with Crippen molar-refractivity contribution in [1.29, 1.82) is 0 Å². The van der Waals surface area contributed by atoms with E-state index in [4.69, 9.17) is 9.84 Å². The second-order valence-electron chi connectivity index (χ2n) is 9.17. The van der Waals surface area contributed by atoms with Crippen LogP contribution in [0.3, 0.4) is 0 Å². The normalized spacial score (nSPS) is 22.5. The van der Waals surface area contributed by atoms with Gasteiger partial charge in [-0.25, -0.2) is 9.48 Å². The van der Waals surface area contributed by atoms with Crippen LogP contribution in [0.15, 0.2) is 42.7 Å². The van der Waals surface area contributed by atoms with E-state index in [9.17, 15) is 4.79 Å². The van der Waals surface area contributed by atoms with E-state index in [1.54, 1.807) is 22.7 Å². The lowest BCUT2D eigenvalue weighted by atomic mass is 9.90. The van der Waals surface area contributed by atoms with Crippen molar-refractivity contribution in [2.75, 3.05) is 19.0 Å². The average Bonchev–Trinajstić information content (AvgIpc) is 3.45. The molecule has 1 aromatic carbocycles.